The Morgan fingerprint density at radius 3 is 2.07 bits per heavy atom. The van der Waals surface area contributed by atoms with Crippen molar-refractivity contribution in [3.05, 3.63) is 127 Å². The Morgan fingerprint density at radius 1 is 0.647 bits per heavy atom. The van der Waals surface area contributed by atoms with Gasteiger partial charge in [-0.05, 0) is 60.9 Å². The summed E-state index contributed by atoms with van der Waals surface area (Å²) in [7, 11) is 0. The Bertz CT molecular complexity index is 3350. The van der Waals surface area contributed by atoms with Crippen LogP contribution in [0.3, 0.4) is 0 Å². The van der Waals surface area contributed by atoms with Crippen LogP contribution >= 0.6 is 0 Å². The Kier molecular flexibility index (Phi) is 21.3. The summed E-state index contributed by atoms with van der Waals surface area (Å²) in [5.74, 6) is 1.35. The molecule has 0 bridgehead atoms. The van der Waals surface area contributed by atoms with Gasteiger partial charge in [-0.1, -0.05) is 66.7 Å². The maximum absolute atomic E-state index is 13.6. The number of benzene rings is 4. The molecule has 23 nitrogen and oxygen atoms in total. The van der Waals surface area contributed by atoms with Crippen molar-refractivity contribution in [2.24, 2.45) is 0 Å². The van der Waals surface area contributed by atoms with E-state index in [-0.39, 0.29) is 48.9 Å². The van der Waals surface area contributed by atoms with E-state index in [0.29, 0.717) is 126 Å². The van der Waals surface area contributed by atoms with E-state index < -0.39 is 0 Å². The number of nitrogens with two attached hydrogens (primary N) is 1. The topological polar surface area (TPSA) is 263 Å². The Hall–Kier alpha value is -8.45. The second-order valence-electron chi connectivity index (χ2n) is 20.9. The highest BCUT2D eigenvalue weighted by atomic mass is 16.6. The number of para-hydroxylation sites is 2. The maximum atomic E-state index is 13.6. The molecule has 4 amide bonds. The van der Waals surface area contributed by atoms with Gasteiger partial charge in [0.2, 0.25) is 23.6 Å². The lowest BCUT2D eigenvalue weighted by Gasteiger charge is -2.34. The van der Waals surface area contributed by atoms with Gasteiger partial charge in [-0.2, -0.15) is 20.5 Å². The van der Waals surface area contributed by atoms with Crippen molar-refractivity contribution >= 4 is 46.2 Å². The molecule has 3 aliphatic rings. The molecular formula is C62H74N14O9. The number of likely N-dealkylation sites (tertiary alicyclic amines) is 1. The van der Waals surface area contributed by atoms with Crippen molar-refractivity contribution in [3.63, 3.8) is 0 Å². The van der Waals surface area contributed by atoms with Crippen LogP contribution in [-0.2, 0) is 44.7 Å². The van der Waals surface area contributed by atoms with Gasteiger partial charge in [0.1, 0.15) is 40.7 Å². The van der Waals surface area contributed by atoms with Gasteiger partial charge in [0, 0.05) is 107 Å². The van der Waals surface area contributed by atoms with Crippen LogP contribution in [0.4, 0.5) is 11.5 Å². The fourth-order valence-electron chi connectivity index (χ4n) is 10.7. The molecule has 4 aromatic carbocycles. The largest absolute Gasteiger partial charge is 0.457 e. The van der Waals surface area contributed by atoms with E-state index in [2.05, 4.69) is 45.8 Å². The molecule has 2 fully saturated rings. The minimum Gasteiger partial charge on any atom is -0.457 e. The number of piperidine rings is 1. The predicted molar refractivity (Wildman–Crippen MR) is 320 cm³/mol. The molecule has 3 aliphatic heterocycles. The molecular weight excluding hydrogens is 1080 g/mol. The number of hydrogen-bond donors (Lipinski definition) is 4. The number of amides is 4. The summed E-state index contributed by atoms with van der Waals surface area (Å²) in [4.78, 5) is 69.4. The summed E-state index contributed by atoms with van der Waals surface area (Å²) in [6.45, 7) is 10.2. The smallest absolute Gasteiger partial charge is 0.246 e. The molecule has 0 saturated carbocycles. The van der Waals surface area contributed by atoms with E-state index in [1.54, 1.807) is 11.0 Å². The number of aromatic amines is 1. The van der Waals surface area contributed by atoms with Crippen molar-refractivity contribution < 1.29 is 42.9 Å². The number of carbonyl (C=O) groups is 4. The third-order valence-corrected chi connectivity index (χ3v) is 15.1. The maximum Gasteiger partial charge on any atom is 0.246 e. The van der Waals surface area contributed by atoms with Crippen LogP contribution in [0.1, 0.15) is 43.7 Å². The number of ether oxygens (including phenoxy) is 5. The first kappa shape index (κ1) is 59.7. The number of carbonyl (C=O) groups excluding carboxylic acids is 4. The summed E-state index contributed by atoms with van der Waals surface area (Å²) < 4.78 is 30.3. The Balaban J connectivity index is 0.519. The average Bonchev–Trinajstić information content (AvgIpc) is 3.13. The van der Waals surface area contributed by atoms with E-state index in [9.17, 15) is 19.2 Å². The average molecular weight is 1160 g/mol. The lowest BCUT2D eigenvalue weighted by molar-refractivity contribution is -0.127. The molecule has 10 rings (SSSR count). The first-order valence-electron chi connectivity index (χ1n) is 29.2. The quantitative estimate of drug-likeness (QED) is 0.0340. The highest BCUT2D eigenvalue weighted by Gasteiger charge is 2.30. The summed E-state index contributed by atoms with van der Waals surface area (Å²) in [5, 5.41) is 23.1. The van der Waals surface area contributed by atoms with Crippen LogP contribution in [0.15, 0.2) is 122 Å². The first-order valence-corrected chi connectivity index (χ1v) is 29.2. The van der Waals surface area contributed by atoms with E-state index in [1.165, 1.54) is 6.33 Å². The van der Waals surface area contributed by atoms with Crippen LogP contribution in [-0.4, -0.2) is 192 Å². The number of nitrogens with zero attached hydrogens (tertiary/aromatic N) is 10. The molecule has 0 aliphatic carbocycles. The Labute approximate surface area is 493 Å². The SMILES string of the molecule is Nc1ncnc2c1c(-c1ccc(Oc3ccccc3)cc1)nn2C1CCCN(C(=O)/C=C/CN2CCN(CCNC(=O)CCOCCOCCOCCOCCNC(=O)CCC(=O)N3Cc4ccccc4-c4n[nH]nc4-c4ccccc43)CC2)C1. The van der Waals surface area contributed by atoms with Gasteiger partial charge in [-0.3, -0.25) is 29.0 Å². The van der Waals surface area contributed by atoms with Gasteiger partial charge in [0.15, 0.2) is 5.65 Å². The number of rotatable bonds is 28. The fraction of sp³-hybridized carbons (Fsp3) is 0.403. The highest BCUT2D eigenvalue weighted by Crippen LogP contribution is 2.40. The van der Waals surface area contributed by atoms with Crippen molar-refractivity contribution in [2.45, 2.75) is 44.7 Å². The molecule has 3 aromatic heterocycles. The van der Waals surface area contributed by atoms with Gasteiger partial charge >= 0.3 is 0 Å². The highest BCUT2D eigenvalue weighted by molar-refractivity contribution is 6.01. The molecule has 1 atom stereocenters. The second kappa shape index (κ2) is 30.4. The number of anilines is 2. The molecule has 446 valence electrons. The molecule has 6 heterocycles. The van der Waals surface area contributed by atoms with Crippen molar-refractivity contribution in [2.75, 3.05) is 129 Å². The number of fused-ring (bicyclic) bond motifs is 6. The molecule has 23 heteroatoms. The summed E-state index contributed by atoms with van der Waals surface area (Å²) >= 11 is 0. The molecule has 85 heavy (non-hydrogen) atoms. The zero-order chi connectivity index (χ0) is 58.6. The van der Waals surface area contributed by atoms with Crippen molar-refractivity contribution in [3.8, 4) is 45.3 Å². The Morgan fingerprint density at radius 2 is 1.29 bits per heavy atom. The second-order valence-corrected chi connectivity index (χ2v) is 20.9. The number of H-pyrrole nitrogens is 1. The fourth-order valence-corrected chi connectivity index (χ4v) is 10.7. The van der Waals surface area contributed by atoms with Crippen LogP contribution in [0.2, 0.25) is 0 Å². The lowest BCUT2D eigenvalue weighted by Crippen LogP contribution is -2.48. The van der Waals surface area contributed by atoms with E-state index in [1.807, 2.05) is 119 Å². The van der Waals surface area contributed by atoms with Crippen LogP contribution in [0, 0.1) is 0 Å². The minimum absolute atomic E-state index is 0.0188. The number of hydrogen-bond acceptors (Lipinski definition) is 17. The zero-order valence-corrected chi connectivity index (χ0v) is 47.8. The van der Waals surface area contributed by atoms with Crippen LogP contribution < -0.4 is 26.0 Å². The first-order chi connectivity index (χ1) is 41.8. The summed E-state index contributed by atoms with van der Waals surface area (Å²) in [5.41, 5.74) is 13.4. The monoisotopic (exact) mass is 1160 g/mol. The number of piperazine rings is 1. The summed E-state index contributed by atoms with van der Waals surface area (Å²) in [6, 6.07) is 32.7. The van der Waals surface area contributed by atoms with Gasteiger partial charge in [-0.25, -0.2) is 14.6 Å². The number of nitrogen functional groups attached to an aromatic ring is 1. The molecule has 1 unspecified atom stereocenters. The van der Waals surface area contributed by atoms with Crippen molar-refractivity contribution in [1.82, 2.24) is 60.5 Å². The number of aromatic nitrogens is 7. The molecule has 7 aromatic rings. The molecule has 0 spiro atoms. The van der Waals surface area contributed by atoms with Gasteiger partial charge in [0.25, 0.3) is 0 Å². The third-order valence-electron chi connectivity index (χ3n) is 15.1. The van der Waals surface area contributed by atoms with E-state index in [0.717, 1.165) is 85.0 Å². The van der Waals surface area contributed by atoms with Crippen LogP contribution in [0.5, 0.6) is 11.5 Å². The van der Waals surface area contributed by atoms with Gasteiger partial charge in [0.05, 0.1) is 76.5 Å². The van der Waals surface area contributed by atoms with Crippen molar-refractivity contribution in [1.29, 1.82) is 0 Å². The predicted octanol–water partition coefficient (Wildman–Crippen LogP) is 5.67. The minimum atomic E-state index is -0.229. The van der Waals surface area contributed by atoms with Gasteiger partial charge < -0.3 is 49.9 Å². The van der Waals surface area contributed by atoms with Crippen LogP contribution in [0.25, 0.3) is 44.8 Å². The van der Waals surface area contributed by atoms with Gasteiger partial charge in [-0.15, -0.1) is 0 Å². The molecule has 0 radical (unpaired) electrons. The standard InChI is InChI=1S/C62H74N14O9/c63-61-57-58(45-18-20-49(21-19-45)85-48-12-2-1-3-13-48)70-76(62(57)67-44-66-61)47-11-8-28-74(43-47)55(79)17-9-27-72-30-32-73(33-31-72)29-25-64-54(78)24-34-81-36-38-83-40-41-84-39-37-82-35-26-65-53(77)22-23-56(80)75-42-46-10-4-5-14-50(46)59-60(69-71-68-59)51-15-6-7-16-52(51)75/h1-7,9-10,12-21,44,47H,8,11,22-43H2,(H,64,78)(H,65,77)(H2,63,66,67)(H,68,69,71)/b17-9+. The normalized spacial score (nSPS) is 15.5. The zero-order valence-electron chi connectivity index (χ0n) is 47.8. The summed E-state index contributed by atoms with van der Waals surface area (Å²) in [6.07, 6.45) is 7.16. The molecule has 5 N–H and O–H groups in total. The number of nitrogens with one attached hydrogen (secondary N) is 3. The third kappa shape index (κ3) is 16.3. The van der Waals surface area contributed by atoms with E-state index in [4.69, 9.17) is 34.5 Å². The lowest BCUT2D eigenvalue weighted by atomic mass is 9.95. The van der Waals surface area contributed by atoms with E-state index >= 15 is 0 Å². The molecule has 2 saturated heterocycles.